The van der Waals surface area contributed by atoms with Gasteiger partial charge in [-0.15, -0.1) is 0 Å². The topological polar surface area (TPSA) is 55.6 Å². The molecule has 3 rings (SSSR count). The Morgan fingerprint density at radius 1 is 1.38 bits per heavy atom. The van der Waals surface area contributed by atoms with Crippen LogP contribution in [0.5, 0.6) is 0 Å². The first-order chi connectivity index (χ1) is 7.86. The number of hydrogen-bond donors (Lipinski definition) is 1. The molecule has 0 radical (unpaired) electrons. The number of rotatable bonds is 3. The third kappa shape index (κ3) is 1.64. The second-order valence-electron chi connectivity index (χ2n) is 3.95. The van der Waals surface area contributed by atoms with Crippen LogP contribution in [0.15, 0.2) is 24.5 Å². The Hall–Kier alpha value is -1.91. The fourth-order valence-corrected chi connectivity index (χ4v) is 1.66. The van der Waals surface area contributed by atoms with Gasteiger partial charge >= 0.3 is 0 Å². The third-order valence-electron chi connectivity index (χ3n) is 2.70. The summed E-state index contributed by atoms with van der Waals surface area (Å²) < 4.78 is 1.80. The molecular weight excluding hydrogens is 202 g/mol. The predicted octanol–water partition coefficient (Wildman–Crippen LogP) is 1.58. The van der Waals surface area contributed by atoms with E-state index in [2.05, 4.69) is 26.4 Å². The van der Waals surface area contributed by atoms with Crippen LogP contribution in [0.4, 0.5) is 5.95 Å². The van der Waals surface area contributed by atoms with Gasteiger partial charge in [0.2, 0.25) is 5.95 Å². The van der Waals surface area contributed by atoms with Crippen LogP contribution in [-0.4, -0.2) is 26.8 Å². The van der Waals surface area contributed by atoms with Crippen molar-refractivity contribution in [2.75, 3.05) is 12.4 Å². The fraction of sp³-hybridized carbons (Fsp3) is 0.364. The normalized spacial score (nSPS) is 15.1. The van der Waals surface area contributed by atoms with E-state index in [1.54, 1.807) is 17.9 Å². The van der Waals surface area contributed by atoms with Crippen molar-refractivity contribution in [3.63, 3.8) is 0 Å². The highest BCUT2D eigenvalue weighted by molar-refractivity contribution is 5.31. The Morgan fingerprint density at radius 3 is 3.00 bits per heavy atom. The summed E-state index contributed by atoms with van der Waals surface area (Å²) in [5, 5.41) is 7.43. The molecule has 5 heteroatoms. The van der Waals surface area contributed by atoms with Gasteiger partial charge in [-0.05, 0) is 18.9 Å². The summed E-state index contributed by atoms with van der Waals surface area (Å²) in [5.74, 6) is 2.08. The van der Waals surface area contributed by atoms with Gasteiger partial charge in [0.15, 0.2) is 5.82 Å². The summed E-state index contributed by atoms with van der Waals surface area (Å²) in [6.07, 6.45) is 6.22. The zero-order chi connectivity index (χ0) is 11.0. The van der Waals surface area contributed by atoms with E-state index < -0.39 is 0 Å². The summed E-state index contributed by atoms with van der Waals surface area (Å²) in [7, 11) is 1.80. The lowest BCUT2D eigenvalue weighted by Crippen LogP contribution is -2.03. The van der Waals surface area contributed by atoms with Gasteiger partial charge in [-0.1, -0.05) is 0 Å². The minimum atomic E-state index is 0.612. The molecule has 1 saturated carbocycles. The third-order valence-corrected chi connectivity index (χ3v) is 2.70. The number of nitrogens with zero attached hydrogens (tertiary/aromatic N) is 4. The molecule has 1 fully saturated rings. The second kappa shape index (κ2) is 3.59. The van der Waals surface area contributed by atoms with Gasteiger partial charge in [0.25, 0.3) is 0 Å². The minimum Gasteiger partial charge on any atom is -0.357 e. The van der Waals surface area contributed by atoms with E-state index in [9.17, 15) is 0 Å². The smallest absolute Gasteiger partial charge is 0.224 e. The fourth-order valence-electron chi connectivity index (χ4n) is 1.66. The molecule has 0 aliphatic heterocycles. The average molecular weight is 215 g/mol. The molecule has 0 bridgehead atoms. The quantitative estimate of drug-likeness (QED) is 0.844. The minimum absolute atomic E-state index is 0.612. The number of aromatic nitrogens is 4. The zero-order valence-electron chi connectivity index (χ0n) is 9.09. The molecule has 0 unspecified atom stereocenters. The van der Waals surface area contributed by atoms with E-state index in [1.165, 1.54) is 18.5 Å². The number of anilines is 1. The summed E-state index contributed by atoms with van der Waals surface area (Å²) in [4.78, 5) is 8.41. The molecule has 2 heterocycles. The van der Waals surface area contributed by atoms with Crippen LogP contribution in [0.2, 0.25) is 0 Å². The van der Waals surface area contributed by atoms with Gasteiger partial charge in [-0.2, -0.15) is 10.1 Å². The van der Waals surface area contributed by atoms with Crippen molar-refractivity contribution in [3.05, 3.63) is 30.2 Å². The first-order valence-electron chi connectivity index (χ1n) is 5.43. The van der Waals surface area contributed by atoms with E-state index in [0.29, 0.717) is 11.9 Å². The van der Waals surface area contributed by atoms with Gasteiger partial charge in [-0.3, -0.25) is 0 Å². The van der Waals surface area contributed by atoms with Gasteiger partial charge in [0, 0.05) is 31.4 Å². The maximum atomic E-state index is 4.52. The molecule has 5 nitrogen and oxygen atoms in total. The predicted molar refractivity (Wildman–Crippen MR) is 60.7 cm³/mol. The SMILES string of the molecule is CNc1nccc(-n2ccc(C3CC3)n2)n1. The van der Waals surface area contributed by atoms with Crippen molar-refractivity contribution in [2.45, 2.75) is 18.8 Å². The molecule has 1 aliphatic rings. The van der Waals surface area contributed by atoms with Gasteiger partial charge in [-0.25, -0.2) is 9.67 Å². The molecular formula is C11H13N5. The number of nitrogens with one attached hydrogen (secondary N) is 1. The van der Waals surface area contributed by atoms with Crippen molar-refractivity contribution in [2.24, 2.45) is 0 Å². The van der Waals surface area contributed by atoms with Crippen molar-refractivity contribution in [3.8, 4) is 5.82 Å². The highest BCUT2D eigenvalue weighted by atomic mass is 15.3. The van der Waals surface area contributed by atoms with Crippen LogP contribution >= 0.6 is 0 Å². The average Bonchev–Trinajstić information content (AvgIpc) is 3.07. The van der Waals surface area contributed by atoms with E-state index in [4.69, 9.17) is 0 Å². The Balaban J connectivity index is 1.93. The molecule has 1 N–H and O–H groups in total. The first-order valence-corrected chi connectivity index (χ1v) is 5.43. The molecule has 0 atom stereocenters. The largest absolute Gasteiger partial charge is 0.357 e. The Kier molecular flexibility index (Phi) is 2.09. The van der Waals surface area contributed by atoms with Gasteiger partial charge in [0.1, 0.15) is 0 Å². The highest BCUT2D eigenvalue weighted by Crippen LogP contribution is 2.38. The molecule has 82 valence electrons. The van der Waals surface area contributed by atoms with Crippen molar-refractivity contribution in [1.82, 2.24) is 19.7 Å². The van der Waals surface area contributed by atoms with Crippen molar-refractivity contribution in [1.29, 1.82) is 0 Å². The molecule has 0 spiro atoms. The molecule has 2 aromatic heterocycles. The van der Waals surface area contributed by atoms with E-state index in [0.717, 1.165) is 5.82 Å². The van der Waals surface area contributed by atoms with E-state index in [-0.39, 0.29) is 0 Å². The monoisotopic (exact) mass is 215 g/mol. The maximum absolute atomic E-state index is 4.52. The molecule has 0 aromatic carbocycles. The van der Waals surface area contributed by atoms with Crippen molar-refractivity contribution < 1.29 is 0 Å². The number of hydrogen-bond acceptors (Lipinski definition) is 4. The molecule has 0 saturated heterocycles. The standard InChI is InChI=1S/C11H13N5/c1-12-11-13-6-4-10(14-11)16-7-5-9(15-16)8-2-3-8/h4-8H,2-3H2,1H3,(H,12,13,14). The van der Waals surface area contributed by atoms with E-state index >= 15 is 0 Å². The summed E-state index contributed by atoms with van der Waals surface area (Å²) >= 11 is 0. The Morgan fingerprint density at radius 2 is 2.25 bits per heavy atom. The molecule has 16 heavy (non-hydrogen) atoms. The van der Waals surface area contributed by atoms with Gasteiger partial charge in [0.05, 0.1) is 5.69 Å². The Bertz CT molecular complexity index is 501. The Labute approximate surface area is 93.5 Å². The van der Waals surface area contributed by atoms with Crippen LogP contribution in [0, 0.1) is 0 Å². The van der Waals surface area contributed by atoms with Crippen molar-refractivity contribution >= 4 is 5.95 Å². The maximum Gasteiger partial charge on any atom is 0.224 e. The van der Waals surface area contributed by atoms with Crippen LogP contribution < -0.4 is 5.32 Å². The second-order valence-corrected chi connectivity index (χ2v) is 3.95. The van der Waals surface area contributed by atoms with Crippen LogP contribution in [0.25, 0.3) is 5.82 Å². The van der Waals surface area contributed by atoms with E-state index in [1.807, 2.05) is 12.3 Å². The van der Waals surface area contributed by atoms with Crippen LogP contribution in [0.1, 0.15) is 24.5 Å². The molecule has 2 aromatic rings. The van der Waals surface area contributed by atoms with Gasteiger partial charge < -0.3 is 5.32 Å². The highest BCUT2D eigenvalue weighted by Gasteiger charge is 2.25. The summed E-state index contributed by atoms with van der Waals surface area (Å²) in [6.45, 7) is 0. The molecule has 1 aliphatic carbocycles. The zero-order valence-corrected chi connectivity index (χ0v) is 9.09. The lowest BCUT2D eigenvalue weighted by Gasteiger charge is -2.02. The molecule has 0 amide bonds. The van der Waals surface area contributed by atoms with Crippen LogP contribution in [-0.2, 0) is 0 Å². The summed E-state index contributed by atoms with van der Waals surface area (Å²) in [6, 6.07) is 3.92. The van der Waals surface area contributed by atoms with Crippen LogP contribution in [0.3, 0.4) is 0 Å². The lowest BCUT2D eigenvalue weighted by molar-refractivity contribution is 0.809. The summed E-state index contributed by atoms with van der Waals surface area (Å²) in [5.41, 5.74) is 1.17. The first kappa shape index (κ1) is 9.33. The lowest BCUT2D eigenvalue weighted by atomic mass is 10.3.